The predicted octanol–water partition coefficient (Wildman–Crippen LogP) is 30.7. The fraction of sp³-hybridized carbons (Fsp3) is 0.232. The van der Waals surface area contributed by atoms with Gasteiger partial charge < -0.3 is 9.80 Å². The van der Waals surface area contributed by atoms with Crippen LogP contribution in [0.25, 0.3) is 88.3 Å². The van der Waals surface area contributed by atoms with Crippen molar-refractivity contribution in [2.75, 3.05) is 9.80 Å². The summed E-state index contributed by atoms with van der Waals surface area (Å²) in [4.78, 5) is 4.98. The van der Waals surface area contributed by atoms with E-state index in [0.29, 0.717) is 0 Å². The van der Waals surface area contributed by atoms with Crippen molar-refractivity contribution in [3.8, 4) is 66.8 Å². The first-order chi connectivity index (χ1) is 54.3. The summed E-state index contributed by atoms with van der Waals surface area (Å²) in [6, 6.07) is 119. The van der Waals surface area contributed by atoms with Crippen LogP contribution in [-0.4, -0.2) is 0 Å². The number of hydrogen-bond acceptors (Lipinski definition) is 2. The Kier molecular flexibility index (Phi) is 16.2. The van der Waals surface area contributed by atoms with Gasteiger partial charge in [0.15, 0.2) is 0 Å². The molecule has 0 saturated heterocycles. The highest BCUT2D eigenvalue weighted by molar-refractivity contribution is 6.22. The Morgan fingerprint density at radius 1 is 0.175 bits per heavy atom. The molecule has 0 aliphatic heterocycles. The summed E-state index contributed by atoms with van der Waals surface area (Å²) >= 11 is 0. The number of fused-ring (bicyclic) bond motifs is 22. The highest BCUT2D eigenvalue weighted by Gasteiger charge is 2.55. The molecule has 2 nitrogen and oxygen atoms in total. The minimum Gasteiger partial charge on any atom is -0.310 e. The first-order valence-electron chi connectivity index (χ1n) is 41.4. The van der Waals surface area contributed by atoms with Gasteiger partial charge in [-0.15, -0.1) is 0 Å². The fourth-order valence-corrected chi connectivity index (χ4v) is 19.9. The summed E-state index contributed by atoms with van der Waals surface area (Å²) in [5.41, 5.74) is 39.2. The highest BCUT2D eigenvalue weighted by atomic mass is 15.1. The Hall–Kier alpha value is -11.6. The van der Waals surface area contributed by atoms with Crippen molar-refractivity contribution in [2.45, 2.75) is 168 Å². The zero-order valence-corrected chi connectivity index (χ0v) is 69.8. The van der Waals surface area contributed by atoms with E-state index in [1.165, 1.54) is 166 Å². The predicted molar refractivity (Wildman–Crippen MR) is 486 cm³/mol. The molecule has 0 heterocycles. The molecule has 0 radical (unpaired) electrons. The molecule has 114 heavy (non-hydrogen) atoms. The molecule has 0 unspecified atom stereocenters. The molecule has 0 amide bonds. The SMILES string of the molecule is CC(C)(C)c1ccc2c(c1)C1(c3ccccc3-c3ccc(N(c4ccccc4)c4ccc(-c5c6ccc(C(C)(C)C)cc6c(-c6ccc(N(c7ccccc7)c7ccc8c(c7)C7(c9ccccc9-8)c8cc(C(C)(C)C)ccc8-c8ccc(C(C)(C)C)cc87)cc6)c6ccc(C(C)(C)C)cc56)cc4)cc31)c1cc(C(C)(C)C)ccc1-2. The van der Waals surface area contributed by atoms with Crippen molar-refractivity contribution in [3.63, 3.8) is 0 Å². The van der Waals surface area contributed by atoms with Gasteiger partial charge in [-0.3, -0.25) is 0 Å². The zero-order chi connectivity index (χ0) is 79.3. The fourth-order valence-electron chi connectivity index (χ4n) is 19.9. The van der Waals surface area contributed by atoms with Crippen LogP contribution >= 0.6 is 0 Å². The molecule has 562 valence electrons. The maximum atomic E-state index is 2.56. The van der Waals surface area contributed by atoms with Crippen LogP contribution in [0.2, 0.25) is 0 Å². The normalized spacial score (nSPS) is 14.2. The number of rotatable bonds is 8. The Morgan fingerprint density at radius 3 is 0.702 bits per heavy atom. The van der Waals surface area contributed by atoms with Crippen molar-refractivity contribution >= 4 is 55.7 Å². The second-order valence-corrected chi connectivity index (χ2v) is 39.3. The third-order valence-electron chi connectivity index (χ3n) is 26.0. The zero-order valence-electron chi connectivity index (χ0n) is 69.8. The van der Waals surface area contributed by atoms with Crippen LogP contribution in [0.4, 0.5) is 34.1 Å². The van der Waals surface area contributed by atoms with E-state index >= 15 is 0 Å². The molecule has 0 N–H and O–H groups in total. The van der Waals surface area contributed by atoms with Gasteiger partial charge in [-0.1, -0.05) is 343 Å². The quantitative estimate of drug-likeness (QED) is 0.140. The maximum Gasteiger partial charge on any atom is 0.0726 e. The van der Waals surface area contributed by atoms with Crippen LogP contribution in [0.3, 0.4) is 0 Å². The van der Waals surface area contributed by atoms with Crippen LogP contribution in [0.1, 0.15) is 203 Å². The van der Waals surface area contributed by atoms with Gasteiger partial charge in [-0.05, 0) is 284 Å². The number of hydrogen-bond donors (Lipinski definition) is 0. The van der Waals surface area contributed by atoms with Crippen LogP contribution in [-0.2, 0) is 43.3 Å². The summed E-state index contributed by atoms with van der Waals surface area (Å²) in [6.45, 7) is 42.3. The van der Waals surface area contributed by atoms with Crippen molar-refractivity contribution in [3.05, 3.63) is 381 Å². The number of nitrogens with zero attached hydrogens (tertiary/aromatic N) is 2. The molecule has 0 saturated carbocycles. The maximum absolute atomic E-state index is 2.56. The van der Waals surface area contributed by atoms with E-state index in [-0.39, 0.29) is 32.5 Å². The minimum atomic E-state index is -0.550. The van der Waals surface area contributed by atoms with Crippen molar-refractivity contribution in [2.24, 2.45) is 0 Å². The Balaban J connectivity index is 0.767. The van der Waals surface area contributed by atoms with E-state index in [1.807, 2.05) is 0 Å². The van der Waals surface area contributed by atoms with Gasteiger partial charge in [0, 0.05) is 34.1 Å². The lowest BCUT2D eigenvalue weighted by atomic mass is 9.68. The molecule has 0 bridgehead atoms. The molecule has 4 aliphatic rings. The van der Waals surface area contributed by atoms with Crippen LogP contribution < -0.4 is 9.80 Å². The van der Waals surface area contributed by atoms with E-state index < -0.39 is 10.8 Å². The summed E-state index contributed by atoms with van der Waals surface area (Å²) in [6.07, 6.45) is 0. The van der Waals surface area contributed by atoms with Gasteiger partial charge in [-0.25, -0.2) is 0 Å². The monoisotopic (exact) mass is 1480 g/mol. The molecule has 0 aromatic heterocycles. The van der Waals surface area contributed by atoms with Crippen LogP contribution in [0, 0.1) is 0 Å². The lowest BCUT2D eigenvalue weighted by molar-refractivity contribution is 0.586. The third kappa shape index (κ3) is 11.1. The van der Waals surface area contributed by atoms with Gasteiger partial charge >= 0.3 is 0 Å². The first kappa shape index (κ1) is 72.6. The van der Waals surface area contributed by atoms with E-state index in [2.05, 4.69) is 438 Å². The smallest absolute Gasteiger partial charge is 0.0726 e. The lowest BCUT2D eigenvalue weighted by Gasteiger charge is -2.34. The topological polar surface area (TPSA) is 6.48 Å². The molecule has 15 aromatic rings. The van der Waals surface area contributed by atoms with Gasteiger partial charge in [0.1, 0.15) is 0 Å². The van der Waals surface area contributed by atoms with Gasteiger partial charge in [0.25, 0.3) is 0 Å². The minimum absolute atomic E-state index is 0.0521. The second-order valence-electron chi connectivity index (χ2n) is 39.3. The Labute approximate surface area is 676 Å². The molecule has 2 spiro atoms. The van der Waals surface area contributed by atoms with Crippen LogP contribution in [0.5, 0.6) is 0 Å². The molecule has 15 aromatic carbocycles. The number of para-hydroxylation sites is 2. The van der Waals surface area contributed by atoms with E-state index in [1.54, 1.807) is 0 Å². The molecule has 19 rings (SSSR count). The van der Waals surface area contributed by atoms with Gasteiger partial charge in [0.2, 0.25) is 0 Å². The lowest BCUT2D eigenvalue weighted by Crippen LogP contribution is -2.27. The Bertz CT molecular complexity index is 5920. The van der Waals surface area contributed by atoms with E-state index in [4.69, 9.17) is 0 Å². The van der Waals surface area contributed by atoms with E-state index in [0.717, 1.165) is 34.1 Å². The third-order valence-corrected chi connectivity index (χ3v) is 26.0. The molecule has 4 aliphatic carbocycles. The summed E-state index contributed by atoms with van der Waals surface area (Å²) in [5, 5.41) is 4.95. The standard InChI is InChI=1S/C112H104N2/c1-105(2,3)71-45-57-91-93(61-71)103(69-37-47-79(48-38-69)113(77-29-21-19-22-30-77)81-51-59-89-83-33-25-27-35-95(83)111(101(89)67-81)97-63-73(107(7,8)9)41-53-85(97)86-54-42-74(64-98(86)111)108(10,11)12)92-58-46-72(106(4,5)6)62-94(92)104(91)70-39-49-80(50-40-70)114(78-31-23-20-24-32-78)82-52-60-90-84-34-26-28-36-96(84)112(102(90)68-82)99-65-75(109(13,14)15)43-55-87(99)88-56-44-76(66-100(88)112)110(16,17)18/h19-68H,1-18H3. The van der Waals surface area contributed by atoms with Crippen LogP contribution in [0.15, 0.2) is 303 Å². The van der Waals surface area contributed by atoms with Crippen molar-refractivity contribution in [1.29, 1.82) is 0 Å². The first-order valence-corrected chi connectivity index (χ1v) is 41.4. The number of anilines is 6. The summed E-state index contributed by atoms with van der Waals surface area (Å²) < 4.78 is 0. The molecular weight excluding hydrogens is 1370 g/mol. The highest BCUT2D eigenvalue weighted by Crippen LogP contribution is 2.67. The van der Waals surface area contributed by atoms with Gasteiger partial charge in [0.05, 0.1) is 10.8 Å². The molecule has 2 heteroatoms. The van der Waals surface area contributed by atoms with E-state index in [9.17, 15) is 0 Å². The summed E-state index contributed by atoms with van der Waals surface area (Å²) in [5.74, 6) is 0. The average molecular weight is 1480 g/mol. The second kappa shape index (κ2) is 25.5. The average Bonchev–Trinajstić information content (AvgIpc) is 1.51. The van der Waals surface area contributed by atoms with Gasteiger partial charge in [-0.2, -0.15) is 0 Å². The molecular formula is C112H104N2. The van der Waals surface area contributed by atoms with Crippen molar-refractivity contribution < 1.29 is 0 Å². The van der Waals surface area contributed by atoms with Crippen molar-refractivity contribution in [1.82, 2.24) is 0 Å². The molecule has 0 atom stereocenters. The largest absolute Gasteiger partial charge is 0.310 e. The number of benzene rings is 15. The summed E-state index contributed by atoms with van der Waals surface area (Å²) in [7, 11) is 0. The molecule has 0 fully saturated rings. The Morgan fingerprint density at radius 2 is 0.404 bits per heavy atom.